The average Bonchev–Trinajstić information content (AvgIpc) is 2.54. The van der Waals surface area contributed by atoms with E-state index >= 15 is 0 Å². The van der Waals surface area contributed by atoms with Crippen molar-refractivity contribution in [3.8, 4) is 0 Å². The second-order valence-corrected chi connectivity index (χ2v) is 3.59. The van der Waals surface area contributed by atoms with Crippen molar-refractivity contribution in [3.05, 3.63) is 18.2 Å². The van der Waals surface area contributed by atoms with Crippen molar-refractivity contribution in [2.24, 2.45) is 0 Å². The summed E-state index contributed by atoms with van der Waals surface area (Å²) in [6, 6.07) is 0.532. The van der Waals surface area contributed by atoms with Gasteiger partial charge in [-0.3, -0.25) is 0 Å². The van der Waals surface area contributed by atoms with Gasteiger partial charge in [-0.1, -0.05) is 27.7 Å². The van der Waals surface area contributed by atoms with Crippen molar-refractivity contribution < 1.29 is 4.74 Å². The first-order valence-electron chi connectivity index (χ1n) is 5.38. The molecule has 2 rings (SSSR count). The SMILES string of the molecule is CC.CC(C)c1cn(C2COC2)cn1. The predicted molar refractivity (Wildman–Crippen MR) is 57.5 cm³/mol. The van der Waals surface area contributed by atoms with E-state index in [1.165, 1.54) is 5.69 Å². The predicted octanol–water partition coefficient (Wildman–Crippen LogP) is 2.60. The molecule has 0 radical (unpaired) electrons. The van der Waals surface area contributed by atoms with E-state index in [1.54, 1.807) is 0 Å². The van der Waals surface area contributed by atoms with Crippen molar-refractivity contribution in [1.29, 1.82) is 0 Å². The highest BCUT2D eigenvalue weighted by Gasteiger charge is 2.20. The molecule has 3 heteroatoms. The molecule has 0 amide bonds. The molecular weight excluding hydrogens is 176 g/mol. The quantitative estimate of drug-likeness (QED) is 0.727. The first-order chi connectivity index (χ1) is 6.77. The number of rotatable bonds is 2. The lowest BCUT2D eigenvalue weighted by Gasteiger charge is -2.26. The van der Waals surface area contributed by atoms with Crippen molar-refractivity contribution in [2.45, 2.75) is 39.7 Å². The third-order valence-electron chi connectivity index (χ3n) is 2.26. The summed E-state index contributed by atoms with van der Waals surface area (Å²) in [4.78, 5) is 4.33. The Morgan fingerprint density at radius 2 is 2.07 bits per heavy atom. The summed E-state index contributed by atoms with van der Waals surface area (Å²) in [5.41, 5.74) is 1.17. The molecule has 80 valence electrons. The van der Waals surface area contributed by atoms with E-state index in [9.17, 15) is 0 Å². The standard InChI is InChI=1S/C9H14N2O.C2H6/c1-7(2)9-3-11(6-10-9)8-4-12-5-8;1-2/h3,6-8H,4-5H2,1-2H3;1-2H3. The van der Waals surface area contributed by atoms with Crippen molar-refractivity contribution in [1.82, 2.24) is 9.55 Å². The van der Waals surface area contributed by atoms with Gasteiger partial charge < -0.3 is 9.30 Å². The molecule has 14 heavy (non-hydrogen) atoms. The number of nitrogens with zero attached hydrogens (tertiary/aromatic N) is 2. The summed E-state index contributed by atoms with van der Waals surface area (Å²) in [5, 5.41) is 0. The van der Waals surface area contributed by atoms with Crippen molar-refractivity contribution in [3.63, 3.8) is 0 Å². The van der Waals surface area contributed by atoms with Crippen LogP contribution in [0.25, 0.3) is 0 Å². The Hall–Kier alpha value is -0.830. The molecule has 1 aliphatic heterocycles. The molecule has 0 spiro atoms. The highest BCUT2D eigenvalue weighted by Crippen LogP contribution is 2.19. The molecule has 0 aliphatic carbocycles. The van der Waals surface area contributed by atoms with E-state index in [2.05, 4.69) is 29.6 Å². The van der Waals surface area contributed by atoms with Gasteiger partial charge in [0.15, 0.2) is 0 Å². The Balaban J connectivity index is 0.000000461. The van der Waals surface area contributed by atoms with Crippen LogP contribution in [0.15, 0.2) is 12.5 Å². The molecule has 0 unspecified atom stereocenters. The zero-order valence-corrected chi connectivity index (χ0v) is 9.53. The van der Waals surface area contributed by atoms with Crippen LogP contribution in [0.1, 0.15) is 45.3 Å². The fourth-order valence-corrected chi connectivity index (χ4v) is 1.25. The lowest BCUT2D eigenvalue weighted by molar-refractivity contribution is -0.0234. The molecule has 1 saturated heterocycles. The van der Waals surface area contributed by atoms with Gasteiger partial charge in [0, 0.05) is 6.20 Å². The van der Waals surface area contributed by atoms with Gasteiger partial charge in [-0.25, -0.2) is 4.98 Å². The number of ether oxygens (including phenoxy) is 1. The Bertz CT molecular complexity index is 264. The van der Waals surface area contributed by atoms with Gasteiger partial charge in [0.2, 0.25) is 0 Å². The summed E-state index contributed by atoms with van der Waals surface area (Å²) in [7, 11) is 0. The summed E-state index contributed by atoms with van der Waals surface area (Å²) in [6.07, 6.45) is 4.03. The van der Waals surface area contributed by atoms with Crippen molar-refractivity contribution in [2.75, 3.05) is 13.2 Å². The number of hydrogen-bond acceptors (Lipinski definition) is 2. The van der Waals surface area contributed by atoms with E-state index < -0.39 is 0 Å². The summed E-state index contributed by atoms with van der Waals surface area (Å²) in [6.45, 7) is 10.00. The van der Waals surface area contributed by atoms with Gasteiger partial charge in [-0.2, -0.15) is 0 Å². The average molecular weight is 196 g/mol. The molecule has 3 nitrogen and oxygen atoms in total. The van der Waals surface area contributed by atoms with Gasteiger partial charge in [-0.05, 0) is 5.92 Å². The molecule has 2 heterocycles. The largest absolute Gasteiger partial charge is 0.377 e. The molecule has 1 aromatic rings. The molecule has 1 aromatic heterocycles. The second-order valence-electron chi connectivity index (χ2n) is 3.59. The molecule has 0 atom stereocenters. The van der Waals surface area contributed by atoms with Crippen LogP contribution < -0.4 is 0 Å². The number of imidazole rings is 1. The van der Waals surface area contributed by atoms with Crippen LogP contribution in [0.2, 0.25) is 0 Å². The third kappa shape index (κ3) is 2.35. The molecular formula is C11H20N2O. The highest BCUT2D eigenvalue weighted by molar-refractivity contribution is 5.03. The van der Waals surface area contributed by atoms with E-state index in [-0.39, 0.29) is 0 Å². The Morgan fingerprint density at radius 1 is 1.43 bits per heavy atom. The Morgan fingerprint density at radius 3 is 2.43 bits per heavy atom. The Kier molecular flexibility index (Phi) is 4.14. The molecule has 0 bridgehead atoms. The molecule has 0 N–H and O–H groups in total. The van der Waals surface area contributed by atoms with Crippen LogP contribution in [0.5, 0.6) is 0 Å². The van der Waals surface area contributed by atoms with Crippen LogP contribution in [0, 0.1) is 0 Å². The zero-order chi connectivity index (χ0) is 10.6. The van der Waals surface area contributed by atoms with Gasteiger partial charge in [0.1, 0.15) is 0 Å². The summed E-state index contributed by atoms with van der Waals surface area (Å²) < 4.78 is 7.26. The van der Waals surface area contributed by atoms with Crippen LogP contribution >= 0.6 is 0 Å². The van der Waals surface area contributed by atoms with Crippen LogP contribution in [0.3, 0.4) is 0 Å². The van der Waals surface area contributed by atoms with Crippen LogP contribution in [-0.4, -0.2) is 22.8 Å². The van der Waals surface area contributed by atoms with Crippen molar-refractivity contribution >= 4 is 0 Å². The lowest BCUT2D eigenvalue weighted by Crippen LogP contribution is -2.29. The van der Waals surface area contributed by atoms with Gasteiger partial charge in [-0.15, -0.1) is 0 Å². The third-order valence-corrected chi connectivity index (χ3v) is 2.26. The van der Waals surface area contributed by atoms with Gasteiger partial charge in [0.05, 0.1) is 31.3 Å². The fourth-order valence-electron chi connectivity index (χ4n) is 1.25. The van der Waals surface area contributed by atoms with Gasteiger partial charge >= 0.3 is 0 Å². The summed E-state index contributed by atoms with van der Waals surface area (Å²) in [5.74, 6) is 0.521. The smallest absolute Gasteiger partial charge is 0.0953 e. The van der Waals surface area contributed by atoms with Crippen LogP contribution in [-0.2, 0) is 4.74 Å². The first kappa shape index (κ1) is 11.2. The normalized spacial score (nSPS) is 16.1. The molecule has 1 aliphatic rings. The highest BCUT2D eigenvalue weighted by atomic mass is 16.5. The maximum absolute atomic E-state index is 5.11. The summed E-state index contributed by atoms with van der Waals surface area (Å²) >= 11 is 0. The maximum Gasteiger partial charge on any atom is 0.0953 e. The molecule has 1 fully saturated rings. The topological polar surface area (TPSA) is 27.1 Å². The van der Waals surface area contributed by atoms with E-state index in [1.807, 2.05) is 20.2 Å². The first-order valence-corrected chi connectivity index (χ1v) is 5.38. The van der Waals surface area contributed by atoms with E-state index in [0.717, 1.165) is 13.2 Å². The minimum absolute atomic E-state index is 0.521. The van der Waals surface area contributed by atoms with Gasteiger partial charge in [0.25, 0.3) is 0 Å². The zero-order valence-electron chi connectivity index (χ0n) is 9.53. The monoisotopic (exact) mass is 196 g/mol. The fraction of sp³-hybridized carbons (Fsp3) is 0.727. The number of hydrogen-bond donors (Lipinski definition) is 0. The maximum atomic E-state index is 5.11. The minimum atomic E-state index is 0.521. The molecule has 0 saturated carbocycles. The Labute approximate surface area is 86.1 Å². The second kappa shape index (κ2) is 5.15. The van der Waals surface area contributed by atoms with Crippen LogP contribution in [0.4, 0.5) is 0 Å². The number of aromatic nitrogens is 2. The lowest BCUT2D eigenvalue weighted by atomic mass is 10.1. The minimum Gasteiger partial charge on any atom is -0.377 e. The van der Waals surface area contributed by atoms with E-state index in [0.29, 0.717) is 12.0 Å². The molecule has 0 aromatic carbocycles. The van der Waals surface area contributed by atoms with E-state index in [4.69, 9.17) is 4.74 Å².